The fourth-order valence-corrected chi connectivity index (χ4v) is 2.42. The van der Waals surface area contributed by atoms with Gasteiger partial charge in [0.2, 0.25) is 5.91 Å². The molecule has 0 saturated heterocycles. The molecule has 1 aromatic heterocycles. The van der Waals surface area contributed by atoms with Crippen LogP contribution in [0.25, 0.3) is 11.1 Å². The molecule has 1 amide bonds. The SMILES string of the molecule is NC(=O)Cc1sccc1-c1ccccc1. The third-order valence-electron chi connectivity index (χ3n) is 2.16. The van der Waals surface area contributed by atoms with Crippen molar-refractivity contribution in [3.05, 3.63) is 46.7 Å². The van der Waals surface area contributed by atoms with Crippen molar-refractivity contribution in [3.63, 3.8) is 0 Å². The number of carbonyl (C=O) groups excluding carboxylic acids is 1. The van der Waals surface area contributed by atoms with Gasteiger partial charge in [-0.1, -0.05) is 30.3 Å². The zero-order valence-electron chi connectivity index (χ0n) is 8.14. The smallest absolute Gasteiger partial charge is 0.222 e. The maximum absolute atomic E-state index is 10.9. The standard InChI is InChI=1S/C12H11NOS/c13-12(14)8-11-10(6-7-15-11)9-4-2-1-3-5-9/h1-7H,8H2,(H2,13,14). The van der Waals surface area contributed by atoms with Crippen LogP contribution in [0.15, 0.2) is 41.8 Å². The van der Waals surface area contributed by atoms with Crippen molar-refractivity contribution in [1.29, 1.82) is 0 Å². The summed E-state index contributed by atoms with van der Waals surface area (Å²) in [4.78, 5) is 11.9. The largest absolute Gasteiger partial charge is 0.369 e. The summed E-state index contributed by atoms with van der Waals surface area (Å²) in [7, 11) is 0. The second-order valence-electron chi connectivity index (χ2n) is 3.27. The minimum Gasteiger partial charge on any atom is -0.369 e. The van der Waals surface area contributed by atoms with Crippen LogP contribution in [0.5, 0.6) is 0 Å². The van der Waals surface area contributed by atoms with E-state index >= 15 is 0 Å². The Bertz CT molecular complexity index is 461. The number of carbonyl (C=O) groups is 1. The first-order valence-electron chi connectivity index (χ1n) is 4.67. The van der Waals surface area contributed by atoms with E-state index in [1.54, 1.807) is 11.3 Å². The lowest BCUT2D eigenvalue weighted by Gasteiger charge is -2.01. The molecule has 1 aromatic carbocycles. The van der Waals surface area contributed by atoms with Gasteiger partial charge in [0.1, 0.15) is 0 Å². The van der Waals surface area contributed by atoms with Crippen molar-refractivity contribution in [2.24, 2.45) is 5.73 Å². The monoisotopic (exact) mass is 217 g/mol. The van der Waals surface area contributed by atoms with Crippen molar-refractivity contribution in [2.75, 3.05) is 0 Å². The second-order valence-corrected chi connectivity index (χ2v) is 4.27. The van der Waals surface area contributed by atoms with Gasteiger partial charge in [-0.2, -0.15) is 0 Å². The summed E-state index contributed by atoms with van der Waals surface area (Å²) in [6.45, 7) is 0. The highest BCUT2D eigenvalue weighted by Crippen LogP contribution is 2.28. The van der Waals surface area contributed by atoms with Gasteiger partial charge in [-0.15, -0.1) is 11.3 Å². The molecule has 0 spiro atoms. The summed E-state index contributed by atoms with van der Waals surface area (Å²) in [6, 6.07) is 12.0. The lowest BCUT2D eigenvalue weighted by molar-refractivity contribution is -0.117. The topological polar surface area (TPSA) is 43.1 Å². The molecule has 0 atom stereocenters. The highest BCUT2D eigenvalue weighted by Gasteiger charge is 2.08. The van der Waals surface area contributed by atoms with Crippen molar-refractivity contribution < 1.29 is 4.79 Å². The fraction of sp³-hybridized carbons (Fsp3) is 0.0833. The van der Waals surface area contributed by atoms with E-state index in [1.165, 1.54) is 0 Å². The van der Waals surface area contributed by atoms with Crippen LogP contribution in [-0.2, 0) is 11.2 Å². The summed E-state index contributed by atoms with van der Waals surface area (Å²) in [5, 5.41) is 1.99. The highest BCUT2D eigenvalue weighted by molar-refractivity contribution is 7.10. The molecule has 0 aliphatic carbocycles. The second kappa shape index (κ2) is 4.28. The van der Waals surface area contributed by atoms with Gasteiger partial charge < -0.3 is 5.73 Å². The van der Waals surface area contributed by atoms with Gasteiger partial charge in [-0.3, -0.25) is 4.79 Å². The van der Waals surface area contributed by atoms with E-state index in [1.807, 2.05) is 41.8 Å². The van der Waals surface area contributed by atoms with E-state index in [9.17, 15) is 4.79 Å². The van der Waals surface area contributed by atoms with Gasteiger partial charge in [0.15, 0.2) is 0 Å². The number of amides is 1. The fourth-order valence-electron chi connectivity index (χ4n) is 1.51. The Balaban J connectivity index is 2.37. The molecule has 15 heavy (non-hydrogen) atoms. The molecule has 0 radical (unpaired) electrons. The van der Waals surface area contributed by atoms with Crippen molar-refractivity contribution >= 4 is 17.2 Å². The van der Waals surface area contributed by atoms with Crippen LogP contribution in [0.4, 0.5) is 0 Å². The van der Waals surface area contributed by atoms with E-state index in [0.29, 0.717) is 6.42 Å². The molecule has 2 N–H and O–H groups in total. The van der Waals surface area contributed by atoms with Crippen LogP contribution in [0.1, 0.15) is 4.88 Å². The first-order valence-corrected chi connectivity index (χ1v) is 5.55. The number of benzene rings is 1. The van der Waals surface area contributed by atoms with Gasteiger partial charge in [0.05, 0.1) is 6.42 Å². The molecule has 3 heteroatoms. The van der Waals surface area contributed by atoms with E-state index in [2.05, 4.69) is 0 Å². The molecule has 0 unspecified atom stereocenters. The van der Waals surface area contributed by atoms with Gasteiger partial charge in [0.25, 0.3) is 0 Å². The Morgan fingerprint density at radius 1 is 1.20 bits per heavy atom. The van der Waals surface area contributed by atoms with Gasteiger partial charge in [-0.05, 0) is 22.6 Å². The minimum atomic E-state index is -0.283. The third-order valence-corrected chi connectivity index (χ3v) is 3.09. The van der Waals surface area contributed by atoms with E-state index < -0.39 is 0 Å². The number of hydrogen-bond donors (Lipinski definition) is 1. The molecular weight excluding hydrogens is 206 g/mol. The molecule has 2 nitrogen and oxygen atoms in total. The van der Waals surface area contributed by atoms with Crippen molar-refractivity contribution in [1.82, 2.24) is 0 Å². The van der Waals surface area contributed by atoms with Crippen LogP contribution in [0.2, 0.25) is 0 Å². The number of hydrogen-bond acceptors (Lipinski definition) is 2. The van der Waals surface area contributed by atoms with E-state index in [0.717, 1.165) is 16.0 Å². The quantitative estimate of drug-likeness (QED) is 0.843. The van der Waals surface area contributed by atoms with Gasteiger partial charge in [-0.25, -0.2) is 0 Å². The molecule has 0 aliphatic heterocycles. The first-order chi connectivity index (χ1) is 7.27. The lowest BCUT2D eigenvalue weighted by Crippen LogP contribution is -2.13. The van der Waals surface area contributed by atoms with Crippen molar-refractivity contribution in [2.45, 2.75) is 6.42 Å². The predicted octanol–water partition coefficient (Wildman–Crippen LogP) is 2.44. The molecule has 76 valence electrons. The van der Waals surface area contributed by atoms with Crippen LogP contribution in [0, 0.1) is 0 Å². The number of thiophene rings is 1. The Kier molecular flexibility index (Phi) is 2.83. The Labute approximate surface area is 92.4 Å². The zero-order valence-corrected chi connectivity index (χ0v) is 8.96. The van der Waals surface area contributed by atoms with Crippen molar-refractivity contribution in [3.8, 4) is 11.1 Å². The Morgan fingerprint density at radius 2 is 1.93 bits per heavy atom. The molecule has 1 heterocycles. The number of rotatable bonds is 3. The highest BCUT2D eigenvalue weighted by atomic mass is 32.1. The average molecular weight is 217 g/mol. The summed E-state index contributed by atoms with van der Waals surface area (Å²) in [6.07, 6.45) is 0.321. The molecule has 2 aromatic rings. The van der Waals surface area contributed by atoms with E-state index in [-0.39, 0.29) is 5.91 Å². The summed E-state index contributed by atoms with van der Waals surface area (Å²) >= 11 is 1.57. The predicted molar refractivity (Wildman–Crippen MR) is 62.7 cm³/mol. The lowest BCUT2D eigenvalue weighted by atomic mass is 10.1. The molecule has 0 saturated carbocycles. The average Bonchev–Trinajstić information content (AvgIpc) is 2.66. The Hall–Kier alpha value is -1.61. The van der Waals surface area contributed by atoms with Gasteiger partial charge in [0, 0.05) is 4.88 Å². The summed E-state index contributed by atoms with van der Waals surface area (Å²) < 4.78 is 0. The molecule has 0 fully saturated rings. The van der Waals surface area contributed by atoms with Crippen LogP contribution in [0.3, 0.4) is 0 Å². The van der Waals surface area contributed by atoms with E-state index in [4.69, 9.17) is 5.73 Å². The molecule has 0 bridgehead atoms. The third kappa shape index (κ3) is 2.25. The van der Waals surface area contributed by atoms with Gasteiger partial charge >= 0.3 is 0 Å². The molecule has 0 aliphatic rings. The number of nitrogens with two attached hydrogens (primary N) is 1. The molecular formula is C12H11NOS. The Morgan fingerprint density at radius 3 is 2.60 bits per heavy atom. The maximum atomic E-state index is 10.9. The normalized spacial score (nSPS) is 10.1. The van der Waals surface area contributed by atoms with Crippen LogP contribution < -0.4 is 5.73 Å². The maximum Gasteiger partial charge on any atom is 0.222 e. The minimum absolute atomic E-state index is 0.283. The van der Waals surface area contributed by atoms with Crippen LogP contribution in [-0.4, -0.2) is 5.91 Å². The molecule has 2 rings (SSSR count). The zero-order chi connectivity index (χ0) is 10.7. The first kappa shape index (κ1) is 9.93. The van der Waals surface area contributed by atoms with Crippen LogP contribution >= 0.6 is 11.3 Å². The summed E-state index contributed by atoms with van der Waals surface area (Å²) in [5.74, 6) is -0.283. The number of primary amides is 1. The summed E-state index contributed by atoms with van der Waals surface area (Å²) in [5.41, 5.74) is 7.44.